The number of carboxylic acids is 1. The molecule has 2 aromatic rings. The van der Waals surface area contributed by atoms with Gasteiger partial charge in [0.15, 0.2) is 0 Å². The zero-order valence-corrected chi connectivity index (χ0v) is 12.3. The van der Waals surface area contributed by atoms with Crippen molar-refractivity contribution in [1.29, 1.82) is 0 Å². The topological polar surface area (TPSA) is 84.4 Å². The zero-order valence-electron chi connectivity index (χ0n) is 12.3. The second kappa shape index (κ2) is 6.30. The van der Waals surface area contributed by atoms with Gasteiger partial charge in [-0.2, -0.15) is 5.10 Å². The summed E-state index contributed by atoms with van der Waals surface area (Å²) in [6.07, 6.45) is 1.87. The molecule has 0 aliphatic heterocycles. The molecular weight excluding hydrogens is 272 g/mol. The van der Waals surface area contributed by atoms with E-state index in [0.717, 1.165) is 24.2 Å². The fraction of sp³-hybridized carbons (Fsp3) is 0.333. The van der Waals surface area contributed by atoms with Crippen LogP contribution in [0.4, 0.5) is 0 Å². The average molecular weight is 290 g/mol. The second-order valence-electron chi connectivity index (χ2n) is 4.59. The lowest BCUT2D eigenvalue weighted by molar-refractivity contribution is 0.0690. The number of carboxylic acid groups (broad SMARTS) is 1. The van der Waals surface area contributed by atoms with E-state index in [-0.39, 0.29) is 5.69 Å². The third-order valence-electron chi connectivity index (χ3n) is 3.21. The zero-order chi connectivity index (χ0) is 15.4. The van der Waals surface area contributed by atoms with Gasteiger partial charge in [-0.1, -0.05) is 13.3 Å². The van der Waals surface area contributed by atoms with E-state index in [1.165, 1.54) is 6.07 Å². The van der Waals surface area contributed by atoms with Crippen molar-refractivity contribution in [2.24, 2.45) is 0 Å². The Hall–Kier alpha value is -2.50. The minimum Gasteiger partial charge on any atom is -0.496 e. The van der Waals surface area contributed by atoms with Crippen LogP contribution in [0.1, 0.15) is 29.4 Å². The van der Waals surface area contributed by atoms with Crippen LogP contribution in [0, 0.1) is 0 Å². The highest BCUT2D eigenvalue weighted by molar-refractivity contribution is 5.87. The van der Waals surface area contributed by atoms with E-state index < -0.39 is 5.97 Å². The highest BCUT2D eigenvalue weighted by Crippen LogP contribution is 2.36. The summed E-state index contributed by atoms with van der Waals surface area (Å²) >= 11 is 0. The number of aromatic carboxylic acids is 1. The predicted molar refractivity (Wildman–Crippen MR) is 78.1 cm³/mol. The van der Waals surface area contributed by atoms with Crippen molar-refractivity contribution in [3.05, 3.63) is 29.5 Å². The number of rotatable bonds is 6. The van der Waals surface area contributed by atoms with Crippen LogP contribution in [0.25, 0.3) is 11.3 Å². The molecule has 0 bridgehead atoms. The molecule has 1 aromatic heterocycles. The van der Waals surface area contributed by atoms with Gasteiger partial charge in [0, 0.05) is 5.56 Å². The quantitative estimate of drug-likeness (QED) is 0.854. The molecule has 2 N–H and O–H groups in total. The smallest absolute Gasteiger partial charge is 0.353 e. The molecule has 0 atom stereocenters. The number of aryl methyl sites for hydroxylation is 1. The summed E-state index contributed by atoms with van der Waals surface area (Å²) in [6.45, 7) is 2.09. The van der Waals surface area contributed by atoms with E-state index in [2.05, 4.69) is 17.1 Å². The first-order valence-corrected chi connectivity index (χ1v) is 6.64. The summed E-state index contributed by atoms with van der Waals surface area (Å²) in [5.74, 6) is 0.331. The fourth-order valence-electron chi connectivity index (χ4n) is 2.20. The number of ether oxygens (including phenoxy) is 2. The van der Waals surface area contributed by atoms with Gasteiger partial charge in [-0.05, 0) is 30.2 Å². The number of methoxy groups -OCH3 is 2. The van der Waals surface area contributed by atoms with Crippen molar-refractivity contribution in [2.45, 2.75) is 19.8 Å². The van der Waals surface area contributed by atoms with Crippen molar-refractivity contribution < 1.29 is 19.4 Å². The van der Waals surface area contributed by atoms with Crippen LogP contribution in [0.15, 0.2) is 18.2 Å². The number of H-pyrrole nitrogens is 1. The normalized spacial score (nSPS) is 10.4. The van der Waals surface area contributed by atoms with E-state index in [1.54, 1.807) is 14.2 Å². The van der Waals surface area contributed by atoms with E-state index in [0.29, 0.717) is 17.0 Å². The van der Waals surface area contributed by atoms with Gasteiger partial charge in [-0.25, -0.2) is 4.79 Å². The Bertz CT molecular complexity index is 649. The molecule has 2 rings (SSSR count). The lowest BCUT2D eigenvalue weighted by Crippen LogP contribution is -1.96. The van der Waals surface area contributed by atoms with Crippen LogP contribution in [0.3, 0.4) is 0 Å². The lowest BCUT2D eigenvalue weighted by atomic mass is 10.0. The average Bonchev–Trinajstić information content (AvgIpc) is 2.97. The molecule has 1 heterocycles. The Morgan fingerprint density at radius 2 is 1.95 bits per heavy atom. The van der Waals surface area contributed by atoms with Crippen molar-refractivity contribution >= 4 is 5.97 Å². The third-order valence-corrected chi connectivity index (χ3v) is 3.21. The molecule has 1 aromatic carbocycles. The highest BCUT2D eigenvalue weighted by atomic mass is 16.5. The number of carbonyl (C=O) groups is 1. The van der Waals surface area contributed by atoms with Gasteiger partial charge in [0.05, 0.1) is 19.9 Å². The number of nitrogens with one attached hydrogen (secondary N) is 1. The van der Waals surface area contributed by atoms with Gasteiger partial charge < -0.3 is 14.6 Å². The van der Waals surface area contributed by atoms with Crippen LogP contribution in [0.5, 0.6) is 11.5 Å². The molecular formula is C15H18N2O4. The Morgan fingerprint density at radius 1 is 1.24 bits per heavy atom. The van der Waals surface area contributed by atoms with Crippen molar-refractivity contribution in [2.75, 3.05) is 14.2 Å². The molecule has 0 fully saturated rings. The van der Waals surface area contributed by atoms with Crippen molar-refractivity contribution in [3.63, 3.8) is 0 Å². The molecule has 0 saturated heterocycles. The summed E-state index contributed by atoms with van der Waals surface area (Å²) < 4.78 is 10.8. The SMILES string of the molecule is CCCc1cc(OC)c(-c2cc(C(=O)O)[nH]n2)cc1OC. The second-order valence-corrected chi connectivity index (χ2v) is 4.59. The van der Waals surface area contributed by atoms with Crippen LogP contribution >= 0.6 is 0 Å². The van der Waals surface area contributed by atoms with Crippen LogP contribution in [-0.4, -0.2) is 35.5 Å². The first kappa shape index (κ1) is 14.9. The van der Waals surface area contributed by atoms with Crippen LogP contribution < -0.4 is 9.47 Å². The Morgan fingerprint density at radius 3 is 2.48 bits per heavy atom. The summed E-state index contributed by atoms with van der Waals surface area (Å²) in [5.41, 5.74) is 2.28. The number of nitrogens with zero attached hydrogens (tertiary/aromatic N) is 1. The van der Waals surface area contributed by atoms with Crippen molar-refractivity contribution in [1.82, 2.24) is 10.2 Å². The van der Waals surface area contributed by atoms with Gasteiger partial charge in [0.1, 0.15) is 17.2 Å². The maximum Gasteiger partial charge on any atom is 0.353 e. The first-order valence-electron chi connectivity index (χ1n) is 6.64. The number of aromatic nitrogens is 2. The molecule has 0 saturated carbocycles. The number of hydrogen-bond acceptors (Lipinski definition) is 4. The molecule has 21 heavy (non-hydrogen) atoms. The third kappa shape index (κ3) is 2.99. The summed E-state index contributed by atoms with van der Waals surface area (Å²) in [5, 5.41) is 15.5. The Labute approximate surface area is 122 Å². The number of hydrogen-bond donors (Lipinski definition) is 2. The molecule has 0 radical (unpaired) electrons. The maximum absolute atomic E-state index is 10.9. The highest BCUT2D eigenvalue weighted by Gasteiger charge is 2.16. The van der Waals surface area contributed by atoms with Crippen LogP contribution in [-0.2, 0) is 6.42 Å². The summed E-state index contributed by atoms with van der Waals surface area (Å²) in [6, 6.07) is 5.21. The Kier molecular flexibility index (Phi) is 4.47. The number of benzene rings is 1. The van der Waals surface area contributed by atoms with Gasteiger partial charge in [0.25, 0.3) is 0 Å². The van der Waals surface area contributed by atoms with Gasteiger partial charge >= 0.3 is 5.97 Å². The van der Waals surface area contributed by atoms with E-state index >= 15 is 0 Å². The van der Waals surface area contributed by atoms with Gasteiger partial charge in [-0.3, -0.25) is 5.10 Å². The molecule has 0 amide bonds. The van der Waals surface area contributed by atoms with E-state index in [9.17, 15) is 4.79 Å². The fourth-order valence-corrected chi connectivity index (χ4v) is 2.20. The minimum absolute atomic E-state index is 0.0312. The standard InChI is InChI=1S/C15H18N2O4/c1-4-5-9-6-14(21-3)10(7-13(9)20-2)11-8-12(15(18)19)17-16-11/h6-8H,4-5H2,1-3H3,(H,16,17)(H,18,19). The molecule has 112 valence electrons. The largest absolute Gasteiger partial charge is 0.496 e. The van der Waals surface area contributed by atoms with Crippen molar-refractivity contribution in [3.8, 4) is 22.8 Å². The van der Waals surface area contributed by atoms with E-state index in [1.807, 2.05) is 12.1 Å². The summed E-state index contributed by atoms with van der Waals surface area (Å²) in [7, 11) is 3.18. The maximum atomic E-state index is 10.9. The minimum atomic E-state index is -1.05. The Balaban J connectivity index is 2.53. The molecule has 0 spiro atoms. The monoisotopic (exact) mass is 290 g/mol. The summed E-state index contributed by atoms with van der Waals surface area (Å²) in [4.78, 5) is 10.9. The van der Waals surface area contributed by atoms with Gasteiger partial charge in [0.2, 0.25) is 0 Å². The molecule has 0 aliphatic rings. The first-order chi connectivity index (χ1) is 10.1. The lowest BCUT2D eigenvalue weighted by Gasteiger charge is -2.13. The van der Waals surface area contributed by atoms with E-state index in [4.69, 9.17) is 14.6 Å². The van der Waals surface area contributed by atoms with Gasteiger partial charge in [-0.15, -0.1) is 0 Å². The molecule has 6 nitrogen and oxygen atoms in total. The van der Waals surface area contributed by atoms with Crippen LogP contribution in [0.2, 0.25) is 0 Å². The number of aromatic amines is 1. The molecule has 0 aliphatic carbocycles. The molecule has 0 unspecified atom stereocenters. The predicted octanol–water partition coefficient (Wildman–Crippen LogP) is 2.74. The molecule has 6 heteroatoms.